The zero-order valence-electron chi connectivity index (χ0n) is 18.1. The smallest absolute Gasteiger partial charge is 0.226 e. The van der Waals surface area contributed by atoms with Gasteiger partial charge in [0, 0.05) is 5.56 Å². The summed E-state index contributed by atoms with van der Waals surface area (Å²) in [4.78, 5) is 17.1. The van der Waals surface area contributed by atoms with E-state index in [1.807, 2.05) is 51.1 Å². The molecule has 6 nitrogen and oxygen atoms in total. The molecule has 0 amide bonds. The maximum absolute atomic E-state index is 12.6. The molecule has 3 rings (SSSR count). The first-order valence-corrected chi connectivity index (χ1v) is 10.5. The Hall–Kier alpha value is -3.54. The maximum Gasteiger partial charge on any atom is 0.226 e. The molecule has 0 N–H and O–H groups in total. The average Bonchev–Trinajstić information content (AvgIpc) is 3.27. The van der Waals surface area contributed by atoms with Crippen LogP contribution in [0.5, 0.6) is 17.2 Å². The summed E-state index contributed by atoms with van der Waals surface area (Å²) in [5.74, 6) is 2.17. The van der Waals surface area contributed by atoms with Gasteiger partial charge in [-0.2, -0.15) is 0 Å². The molecule has 0 bridgehead atoms. The van der Waals surface area contributed by atoms with Gasteiger partial charge < -0.3 is 18.6 Å². The molecule has 1 aromatic heterocycles. The number of hydrogen-bond donors (Lipinski definition) is 0. The number of ether oxygens (including phenoxy) is 3. The van der Waals surface area contributed by atoms with Crippen molar-refractivity contribution in [2.75, 3.05) is 19.8 Å². The van der Waals surface area contributed by atoms with Gasteiger partial charge in [-0.1, -0.05) is 19.1 Å². The van der Waals surface area contributed by atoms with Crippen molar-refractivity contribution in [1.29, 1.82) is 0 Å². The molecule has 162 valence electrons. The number of para-hydroxylation sites is 1. The summed E-state index contributed by atoms with van der Waals surface area (Å²) in [7, 11) is 0. The number of rotatable bonds is 11. The molecule has 6 heteroatoms. The normalized spacial score (nSPS) is 10.9. The fourth-order valence-corrected chi connectivity index (χ4v) is 2.94. The Balaban J connectivity index is 1.76. The number of oxazole rings is 1. The SMILES string of the molecule is CCCOc1ccccc1C(=O)C=Cc1coc(-c2ccc(OCC)c(OCC)c2)n1. The summed E-state index contributed by atoms with van der Waals surface area (Å²) in [5.41, 5.74) is 1.82. The van der Waals surface area contributed by atoms with Gasteiger partial charge in [0.05, 0.1) is 25.4 Å². The van der Waals surface area contributed by atoms with Crippen LogP contribution in [-0.4, -0.2) is 30.6 Å². The molecule has 0 spiro atoms. The molecular weight excluding hydrogens is 394 g/mol. The van der Waals surface area contributed by atoms with Crippen molar-refractivity contribution in [3.8, 4) is 28.7 Å². The van der Waals surface area contributed by atoms with Crippen LogP contribution in [0.15, 0.2) is 59.2 Å². The van der Waals surface area contributed by atoms with Gasteiger partial charge >= 0.3 is 0 Å². The van der Waals surface area contributed by atoms with Crippen LogP contribution in [0.25, 0.3) is 17.5 Å². The molecule has 0 unspecified atom stereocenters. The monoisotopic (exact) mass is 421 g/mol. The number of ketones is 1. The van der Waals surface area contributed by atoms with E-state index < -0.39 is 0 Å². The second kappa shape index (κ2) is 11.0. The summed E-state index contributed by atoms with van der Waals surface area (Å²) < 4.78 is 22.5. The van der Waals surface area contributed by atoms with Crippen LogP contribution in [0, 0.1) is 0 Å². The number of nitrogens with zero attached hydrogens (tertiary/aromatic N) is 1. The highest BCUT2D eigenvalue weighted by Gasteiger charge is 2.12. The van der Waals surface area contributed by atoms with Gasteiger partial charge in [0.2, 0.25) is 5.89 Å². The number of carbonyl (C=O) groups excluding carboxylic acids is 1. The van der Waals surface area contributed by atoms with Crippen LogP contribution in [0.1, 0.15) is 43.2 Å². The molecule has 1 heterocycles. The molecule has 31 heavy (non-hydrogen) atoms. The van der Waals surface area contributed by atoms with E-state index >= 15 is 0 Å². The number of carbonyl (C=O) groups is 1. The van der Waals surface area contributed by atoms with E-state index in [0.717, 1.165) is 12.0 Å². The topological polar surface area (TPSA) is 70.8 Å². The van der Waals surface area contributed by atoms with E-state index in [0.29, 0.717) is 54.2 Å². The van der Waals surface area contributed by atoms with Crippen molar-refractivity contribution >= 4 is 11.9 Å². The standard InChI is InChI=1S/C25H27NO5/c1-4-15-30-22-10-8-7-9-20(22)21(27)13-12-19-17-31-25(26-19)18-11-14-23(28-5-2)24(16-18)29-6-3/h7-14,16-17H,4-6,15H2,1-3H3. The number of allylic oxidation sites excluding steroid dienone is 1. The van der Waals surface area contributed by atoms with Crippen molar-refractivity contribution < 1.29 is 23.4 Å². The Bertz CT molecular complexity index is 1040. The van der Waals surface area contributed by atoms with E-state index in [4.69, 9.17) is 18.6 Å². The fourth-order valence-electron chi connectivity index (χ4n) is 2.94. The lowest BCUT2D eigenvalue weighted by atomic mass is 10.1. The van der Waals surface area contributed by atoms with Crippen molar-refractivity contribution in [3.63, 3.8) is 0 Å². The Kier molecular flexibility index (Phi) is 7.87. The largest absolute Gasteiger partial charge is 0.493 e. The number of hydrogen-bond acceptors (Lipinski definition) is 6. The Labute approximate surface area is 182 Å². The Morgan fingerprint density at radius 1 is 0.968 bits per heavy atom. The third-order valence-electron chi connectivity index (χ3n) is 4.33. The minimum atomic E-state index is -0.157. The van der Waals surface area contributed by atoms with Crippen molar-refractivity contribution in [2.24, 2.45) is 0 Å². The number of benzene rings is 2. The van der Waals surface area contributed by atoms with Gasteiger partial charge in [-0.25, -0.2) is 4.98 Å². The van der Waals surface area contributed by atoms with E-state index in [-0.39, 0.29) is 5.78 Å². The summed E-state index contributed by atoms with van der Waals surface area (Å²) in [6.45, 7) is 7.49. The van der Waals surface area contributed by atoms with E-state index in [2.05, 4.69) is 4.98 Å². The van der Waals surface area contributed by atoms with Crippen LogP contribution >= 0.6 is 0 Å². The summed E-state index contributed by atoms with van der Waals surface area (Å²) >= 11 is 0. The highest BCUT2D eigenvalue weighted by Crippen LogP contribution is 2.32. The van der Waals surface area contributed by atoms with Gasteiger partial charge in [-0.15, -0.1) is 0 Å². The second-order valence-corrected chi connectivity index (χ2v) is 6.65. The first-order chi connectivity index (χ1) is 15.2. The maximum atomic E-state index is 12.6. The van der Waals surface area contributed by atoms with Gasteiger partial charge in [0.1, 0.15) is 17.7 Å². The molecule has 3 aromatic rings. The molecule has 0 fully saturated rings. The Morgan fingerprint density at radius 2 is 1.74 bits per heavy atom. The minimum absolute atomic E-state index is 0.157. The zero-order valence-corrected chi connectivity index (χ0v) is 18.1. The summed E-state index contributed by atoms with van der Waals surface area (Å²) in [6.07, 6.45) is 5.48. The minimum Gasteiger partial charge on any atom is -0.493 e. The molecule has 2 aromatic carbocycles. The van der Waals surface area contributed by atoms with E-state index in [1.165, 1.54) is 12.3 Å². The van der Waals surface area contributed by atoms with Crippen LogP contribution in [0.2, 0.25) is 0 Å². The third-order valence-corrected chi connectivity index (χ3v) is 4.33. The predicted octanol–water partition coefficient (Wildman–Crippen LogP) is 5.82. The van der Waals surface area contributed by atoms with Crippen LogP contribution < -0.4 is 14.2 Å². The second-order valence-electron chi connectivity index (χ2n) is 6.65. The van der Waals surface area contributed by atoms with Crippen molar-refractivity contribution in [1.82, 2.24) is 4.98 Å². The molecule has 0 aliphatic rings. The van der Waals surface area contributed by atoms with E-state index in [1.54, 1.807) is 18.2 Å². The van der Waals surface area contributed by atoms with Crippen molar-refractivity contribution in [2.45, 2.75) is 27.2 Å². The molecule has 0 saturated carbocycles. The average molecular weight is 421 g/mol. The van der Waals surface area contributed by atoms with Crippen LogP contribution in [-0.2, 0) is 0 Å². The summed E-state index contributed by atoms with van der Waals surface area (Å²) in [5, 5.41) is 0. The first-order valence-electron chi connectivity index (χ1n) is 10.5. The van der Waals surface area contributed by atoms with Gasteiger partial charge in [0.25, 0.3) is 0 Å². The molecule has 0 aliphatic carbocycles. The lowest BCUT2D eigenvalue weighted by molar-refractivity contribution is 0.104. The van der Waals surface area contributed by atoms with Gasteiger partial charge in [0.15, 0.2) is 17.3 Å². The molecule has 0 aliphatic heterocycles. The molecular formula is C25H27NO5. The highest BCUT2D eigenvalue weighted by molar-refractivity contribution is 6.08. The first kappa shape index (κ1) is 22.2. The quantitative estimate of drug-likeness (QED) is 0.287. The summed E-state index contributed by atoms with van der Waals surface area (Å²) in [6, 6.07) is 12.7. The lowest BCUT2D eigenvalue weighted by Crippen LogP contribution is -2.02. The fraction of sp³-hybridized carbons (Fsp3) is 0.280. The third kappa shape index (κ3) is 5.75. The van der Waals surface area contributed by atoms with Crippen LogP contribution in [0.3, 0.4) is 0 Å². The Morgan fingerprint density at radius 3 is 2.52 bits per heavy atom. The van der Waals surface area contributed by atoms with E-state index in [9.17, 15) is 4.79 Å². The van der Waals surface area contributed by atoms with Gasteiger partial charge in [-0.05, 0) is 62.8 Å². The molecule has 0 saturated heterocycles. The highest BCUT2D eigenvalue weighted by atomic mass is 16.5. The molecule has 0 atom stereocenters. The lowest BCUT2D eigenvalue weighted by Gasteiger charge is -2.11. The predicted molar refractivity (Wildman–Crippen MR) is 120 cm³/mol. The van der Waals surface area contributed by atoms with Gasteiger partial charge in [-0.3, -0.25) is 4.79 Å². The molecule has 0 radical (unpaired) electrons. The van der Waals surface area contributed by atoms with Crippen molar-refractivity contribution in [3.05, 3.63) is 66.1 Å². The number of aromatic nitrogens is 1. The van der Waals surface area contributed by atoms with Crippen LogP contribution in [0.4, 0.5) is 0 Å². The zero-order chi connectivity index (χ0) is 22.1.